The molecule has 90 valence electrons. The SMILES string of the molecule is CC(C)(C)OC(=O)N1CCC(C#N)(CO)C1. The van der Waals surface area contributed by atoms with E-state index in [-0.39, 0.29) is 13.2 Å². The number of carbonyl (C=O) groups is 1. The third-order valence-corrected chi connectivity index (χ3v) is 2.55. The third-order valence-electron chi connectivity index (χ3n) is 2.55. The molecule has 1 saturated heterocycles. The number of hydrogen-bond acceptors (Lipinski definition) is 4. The number of nitriles is 1. The van der Waals surface area contributed by atoms with E-state index in [0.29, 0.717) is 13.0 Å². The summed E-state index contributed by atoms with van der Waals surface area (Å²) in [6, 6.07) is 2.08. The van der Waals surface area contributed by atoms with Gasteiger partial charge in [-0.3, -0.25) is 0 Å². The molecule has 0 aromatic heterocycles. The first-order valence-electron chi connectivity index (χ1n) is 5.32. The highest BCUT2D eigenvalue weighted by molar-refractivity contribution is 5.68. The monoisotopic (exact) mass is 226 g/mol. The molecule has 0 saturated carbocycles. The number of aliphatic hydroxyl groups excluding tert-OH is 1. The smallest absolute Gasteiger partial charge is 0.410 e. The second-order valence-corrected chi connectivity index (χ2v) is 5.20. The van der Waals surface area contributed by atoms with Crippen molar-refractivity contribution >= 4 is 6.09 Å². The summed E-state index contributed by atoms with van der Waals surface area (Å²) in [7, 11) is 0. The number of aliphatic hydroxyl groups is 1. The Hall–Kier alpha value is -1.28. The maximum atomic E-state index is 11.7. The molecule has 0 bridgehead atoms. The Kier molecular flexibility index (Phi) is 3.44. The topological polar surface area (TPSA) is 73.6 Å². The molecule has 16 heavy (non-hydrogen) atoms. The Labute approximate surface area is 95.6 Å². The van der Waals surface area contributed by atoms with E-state index in [4.69, 9.17) is 15.1 Å². The molecule has 5 nitrogen and oxygen atoms in total. The highest BCUT2D eigenvalue weighted by Gasteiger charge is 2.41. The summed E-state index contributed by atoms with van der Waals surface area (Å²) < 4.78 is 5.20. The van der Waals surface area contributed by atoms with Gasteiger partial charge in [0.25, 0.3) is 0 Å². The van der Waals surface area contributed by atoms with Crippen LogP contribution in [0, 0.1) is 16.7 Å². The van der Waals surface area contributed by atoms with E-state index in [9.17, 15) is 4.79 Å². The zero-order valence-electron chi connectivity index (χ0n) is 9.99. The van der Waals surface area contributed by atoms with Gasteiger partial charge in [-0.05, 0) is 27.2 Å². The van der Waals surface area contributed by atoms with Crippen LogP contribution in [-0.4, -0.2) is 41.4 Å². The molecule has 1 atom stereocenters. The van der Waals surface area contributed by atoms with Crippen LogP contribution in [0.4, 0.5) is 4.79 Å². The fourth-order valence-electron chi connectivity index (χ4n) is 1.61. The van der Waals surface area contributed by atoms with Crippen LogP contribution in [0.3, 0.4) is 0 Å². The van der Waals surface area contributed by atoms with Crippen LogP contribution in [0.1, 0.15) is 27.2 Å². The van der Waals surface area contributed by atoms with Crippen LogP contribution in [-0.2, 0) is 4.74 Å². The largest absolute Gasteiger partial charge is 0.444 e. The predicted octanol–water partition coefficient (Wildman–Crippen LogP) is 1.13. The van der Waals surface area contributed by atoms with Gasteiger partial charge in [0.05, 0.1) is 18.1 Å². The summed E-state index contributed by atoms with van der Waals surface area (Å²) in [4.78, 5) is 13.2. The van der Waals surface area contributed by atoms with Crippen LogP contribution in [0.5, 0.6) is 0 Å². The standard InChI is InChI=1S/C11H18N2O3/c1-10(2,3)16-9(15)13-5-4-11(6-12,7-13)8-14/h14H,4-5,7-8H2,1-3H3. The number of likely N-dealkylation sites (tertiary alicyclic amines) is 1. The van der Waals surface area contributed by atoms with E-state index in [1.165, 1.54) is 4.90 Å². The molecule has 1 heterocycles. The lowest BCUT2D eigenvalue weighted by Crippen LogP contribution is -2.37. The summed E-state index contributed by atoms with van der Waals surface area (Å²) in [5, 5.41) is 18.1. The van der Waals surface area contributed by atoms with Crippen LogP contribution in [0.15, 0.2) is 0 Å². The minimum Gasteiger partial charge on any atom is -0.444 e. The number of nitrogens with zero attached hydrogens (tertiary/aromatic N) is 2. The quantitative estimate of drug-likeness (QED) is 0.727. The molecule has 0 aliphatic carbocycles. The number of rotatable bonds is 1. The maximum Gasteiger partial charge on any atom is 0.410 e. The average Bonchev–Trinajstić information content (AvgIpc) is 2.60. The normalized spacial score (nSPS) is 25.3. The van der Waals surface area contributed by atoms with E-state index in [2.05, 4.69) is 6.07 Å². The lowest BCUT2D eigenvalue weighted by molar-refractivity contribution is 0.0272. The first-order valence-corrected chi connectivity index (χ1v) is 5.32. The van der Waals surface area contributed by atoms with E-state index in [1.807, 2.05) is 0 Å². The van der Waals surface area contributed by atoms with Crippen molar-refractivity contribution in [2.45, 2.75) is 32.8 Å². The number of carbonyl (C=O) groups excluding carboxylic acids is 1. The highest BCUT2D eigenvalue weighted by Crippen LogP contribution is 2.29. The Bertz CT molecular complexity index is 316. The van der Waals surface area contributed by atoms with Crippen molar-refractivity contribution in [3.05, 3.63) is 0 Å². The molecule has 1 amide bonds. The summed E-state index contributed by atoms with van der Waals surface area (Å²) in [5.41, 5.74) is -1.34. The van der Waals surface area contributed by atoms with Crippen molar-refractivity contribution in [3.63, 3.8) is 0 Å². The molecule has 0 spiro atoms. The van der Waals surface area contributed by atoms with Gasteiger partial charge in [0, 0.05) is 13.1 Å². The van der Waals surface area contributed by atoms with Gasteiger partial charge in [-0.15, -0.1) is 0 Å². The molecule has 1 unspecified atom stereocenters. The Morgan fingerprint density at radius 3 is 2.62 bits per heavy atom. The van der Waals surface area contributed by atoms with E-state index in [0.717, 1.165) is 0 Å². The van der Waals surface area contributed by atoms with E-state index < -0.39 is 17.1 Å². The summed E-state index contributed by atoms with van der Waals surface area (Å²) in [6.07, 6.45) is 0.0808. The fourth-order valence-corrected chi connectivity index (χ4v) is 1.61. The molecule has 1 rings (SSSR count). The lowest BCUT2D eigenvalue weighted by atomic mass is 9.90. The average molecular weight is 226 g/mol. The van der Waals surface area contributed by atoms with Crippen molar-refractivity contribution in [2.75, 3.05) is 19.7 Å². The van der Waals surface area contributed by atoms with E-state index >= 15 is 0 Å². The molecule has 0 radical (unpaired) electrons. The van der Waals surface area contributed by atoms with Crippen molar-refractivity contribution < 1.29 is 14.6 Å². The molecular formula is C11H18N2O3. The van der Waals surface area contributed by atoms with Gasteiger partial charge < -0.3 is 14.7 Å². The van der Waals surface area contributed by atoms with Gasteiger partial charge in [0.2, 0.25) is 0 Å². The highest BCUT2D eigenvalue weighted by atomic mass is 16.6. The molecule has 1 N–H and O–H groups in total. The summed E-state index contributed by atoms with van der Waals surface area (Å²) in [6.45, 7) is 5.88. The van der Waals surface area contributed by atoms with Gasteiger partial charge in [0.15, 0.2) is 0 Å². The van der Waals surface area contributed by atoms with Gasteiger partial charge in [-0.25, -0.2) is 4.79 Å². The first kappa shape index (κ1) is 12.8. The van der Waals surface area contributed by atoms with Crippen molar-refractivity contribution in [3.8, 4) is 6.07 Å². The Balaban J connectivity index is 2.60. The molecular weight excluding hydrogens is 208 g/mol. The molecule has 1 aliphatic rings. The molecule has 0 aromatic rings. The molecule has 1 aliphatic heterocycles. The van der Waals surface area contributed by atoms with Gasteiger partial charge in [-0.1, -0.05) is 0 Å². The molecule has 1 fully saturated rings. The fraction of sp³-hybridized carbons (Fsp3) is 0.818. The van der Waals surface area contributed by atoms with Crippen molar-refractivity contribution in [1.29, 1.82) is 5.26 Å². The Morgan fingerprint density at radius 2 is 2.25 bits per heavy atom. The van der Waals surface area contributed by atoms with Crippen LogP contribution >= 0.6 is 0 Å². The maximum absolute atomic E-state index is 11.7. The predicted molar refractivity (Wildman–Crippen MR) is 57.6 cm³/mol. The third kappa shape index (κ3) is 2.86. The summed E-state index contributed by atoms with van der Waals surface area (Å²) in [5.74, 6) is 0. The van der Waals surface area contributed by atoms with Crippen LogP contribution in [0.2, 0.25) is 0 Å². The second-order valence-electron chi connectivity index (χ2n) is 5.20. The Morgan fingerprint density at radius 1 is 1.62 bits per heavy atom. The number of hydrogen-bond donors (Lipinski definition) is 1. The van der Waals surface area contributed by atoms with Gasteiger partial charge in [0.1, 0.15) is 5.60 Å². The first-order chi connectivity index (χ1) is 7.32. The van der Waals surface area contributed by atoms with Gasteiger partial charge in [-0.2, -0.15) is 5.26 Å². The number of amides is 1. The summed E-state index contributed by atoms with van der Waals surface area (Å²) >= 11 is 0. The van der Waals surface area contributed by atoms with Crippen molar-refractivity contribution in [2.24, 2.45) is 5.41 Å². The van der Waals surface area contributed by atoms with Crippen molar-refractivity contribution in [1.82, 2.24) is 4.90 Å². The zero-order valence-corrected chi connectivity index (χ0v) is 9.99. The van der Waals surface area contributed by atoms with Gasteiger partial charge >= 0.3 is 6.09 Å². The number of ether oxygens (including phenoxy) is 1. The molecule has 5 heteroatoms. The second kappa shape index (κ2) is 4.30. The minimum atomic E-state index is -0.809. The minimum absolute atomic E-state index is 0.219. The van der Waals surface area contributed by atoms with Crippen LogP contribution < -0.4 is 0 Å². The molecule has 0 aromatic carbocycles. The van der Waals surface area contributed by atoms with Crippen LogP contribution in [0.25, 0.3) is 0 Å². The van der Waals surface area contributed by atoms with E-state index in [1.54, 1.807) is 20.8 Å². The lowest BCUT2D eigenvalue weighted by Gasteiger charge is -2.25. The zero-order chi connectivity index (χ0) is 12.4.